The molecule has 0 bridgehead atoms. The Labute approximate surface area is 136 Å². The number of carbonyl (C=O) groups is 1. The molecule has 1 aliphatic rings. The summed E-state index contributed by atoms with van der Waals surface area (Å²) >= 11 is 0. The average Bonchev–Trinajstić information content (AvgIpc) is 3.05. The van der Waals surface area contributed by atoms with Crippen molar-refractivity contribution in [3.8, 4) is 0 Å². The molecule has 1 heterocycles. The molecule has 120 valence electrons. The normalized spacial score (nSPS) is 18.9. The summed E-state index contributed by atoms with van der Waals surface area (Å²) in [4.78, 5) is 13.0. The fourth-order valence-electron chi connectivity index (χ4n) is 3.00. The van der Waals surface area contributed by atoms with Crippen LogP contribution in [0.25, 0.3) is 0 Å². The maximum Gasteiger partial charge on any atom is 0.243 e. The predicted molar refractivity (Wildman–Crippen MR) is 88.9 cm³/mol. The minimum absolute atomic E-state index is 0.126. The summed E-state index contributed by atoms with van der Waals surface area (Å²) in [5.74, 6) is -0.126. The second-order valence-electron chi connectivity index (χ2n) is 5.82. The van der Waals surface area contributed by atoms with Crippen molar-refractivity contribution in [3.63, 3.8) is 0 Å². The zero-order valence-corrected chi connectivity index (χ0v) is 13.8. The second kappa shape index (κ2) is 6.26. The number of ketones is 1. The third-order valence-corrected chi connectivity index (χ3v) is 6.06. The predicted octanol–water partition coefficient (Wildman–Crippen LogP) is 3.03. The van der Waals surface area contributed by atoms with Crippen molar-refractivity contribution in [2.24, 2.45) is 0 Å². The summed E-state index contributed by atoms with van der Waals surface area (Å²) in [6, 6.07) is 15.1. The van der Waals surface area contributed by atoms with E-state index in [4.69, 9.17) is 0 Å². The molecular formula is C18H19NO3S. The van der Waals surface area contributed by atoms with Gasteiger partial charge in [-0.25, -0.2) is 8.42 Å². The third-order valence-electron chi connectivity index (χ3n) is 4.16. The van der Waals surface area contributed by atoms with Gasteiger partial charge in [-0.05, 0) is 37.5 Å². The molecule has 0 amide bonds. The van der Waals surface area contributed by atoms with E-state index in [1.54, 1.807) is 42.5 Å². The topological polar surface area (TPSA) is 54.5 Å². The van der Waals surface area contributed by atoms with Gasteiger partial charge in [-0.1, -0.05) is 42.5 Å². The molecule has 3 rings (SSSR count). The van der Waals surface area contributed by atoms with Crippen LogP contribution in [-0.2, 0) is 10.0 Å². The van der Waals surface area contributed by atoms with Crippen molar-refractivity contribution in [1.29, 1.82) is 0 Å². The Morgan fingerprint density at radius 2 is 1.83 bits per heavy atom. The molecule has 1 fully saturated rings. The Hall–Kier alpha value is -1.98. The van der Waals surface area contributed by atoms with Gasteiger partial charge in [0.2, 0.25) is 10.0 Å². The molecule has 1 atom stereocenters. The van der Waals surface area contributed by atoms with Crippen LogP contribution in [0.3, 0.4) is 0 Å². The lowest BCUT2D eigenvalue weighted by Crippen LogP contribution is -2.40. The first-order chi connectivity index (χ1) is 11.0. The van der Waals surface area contributed by atoms with Gasteiger partial charge in [0.25, 0.3) is 0 Å². The number of hydrogen-bond acceptors (Lipinski definition) is 3. The Bertz CT molecular complexity index is 815. The van der Waals surface area contributed by atoms with Crippen LogP contribution in [0.1, 0.15) is 28.8 Å². The highest BCUT2D eigenvalue weighted by Crippen LogP contribution is 2.28. The summed E-state index contributed by atoms with van der Waals surface area (Å²) in [5, 5.41) is 0. The summed E-state index contributed by atoms with van der Waals surface area (Å²) in [6.07, 6.45) is 1.27. The van der Waals surface area contributed by atoms with Crippen LogP contribution in [0.15, 0.2) is 59.5 Å². The van der Waals surface area contributed by atoms with Crippen molar-refractivity contribution >= 4 is 15.8 Å². The van der Waals surface area contributed by atoms with Gasteiger partial charge in [0.1, 0.15) is 0 Å². The van der Waals surface area contributed by atoms with Crippen LogP contribution in [0.5, 0.6) is 0 Å². The monoisotopic (exact) mass is 329 g/mol. The summed E-state index contributed by atoms with van der Waals surface area (Å²) < 4.78 is 27.2. The lowest BCUT2D eigenvalue weighted by atomic mass is 10.0. The Kier molecular flexibility index (Phi) is 4.33. The Balaban J connectivity index is 1.94. The van der Waals surface area contributed by atoms with Crippen LogP contribution in [0.4, 0.5) is 0 Å². The van der Waals surface area contributed by atoms with Crippen LogP contribution in [0.2, 0.25) is 0 Å². The first-order valence-corrected chi connectivity index (χ1v) is 9.12. The number of rotatable bonds is 4. The quantitative estimate of drug-likeness (QED) is 0.810. The van der Waals surface area contributed by atoms with Gasteiger partial charge < -0.3 is 0 Å². The van der Waals surface area contributed by atoms with E-state index in [9.17, 15) is 13.2 Å². The van der Waals surface area contributed by atoms with Crippen molar-refractivity contribution in [2.45, 2.75) is 30.7 Å². The first-order valence-electron chi connectivity index (χ1n) is 7.68. The second-order valence-corrected chi connectivity index (χ2v) is 7.71. The molecular weight excluding hydrogens is 310 g/mol. The van der Waals surface area contributed by atoms with Gasteiger partial charge in [-0.3, -0.25) is 4.79 Å². The minimum Gasteiger partial charge on any atom is -0.292 e. The fourth-order valence-corrected chi connectivity index (χ4v) is 4.76. The van der Waals surface area contributed by atoms with Gasteiger partial charge in [0.05, 0.1) is 10.9 Å². The molecule has 1 aliphatic heterocycles. The van der Waals surface area contributed by atoms with E-state index in [1.807, 2.05) is 19.1 Å². The van der Waals surface area contributed by atoms with Crippen molar-refractivity contribution in [2.75, 3.05) is 6.54 Å². The summed E-state index contributed by atoms with van der Waals surface area (Å²) in [5.41, 5.74) is 1.44. The molecule has 0 radical (unpaired) electrons. The van der Waals surface area contributed by atoms with Crippen LogP contribution in [-0.4, -0.2) is 31.1 Å². The zero-order chi connectivity index (χ0) is 16.4. The maximum atomic E-state index is 12.9. The zero-order valence-electron chi connectivity index (χ0n) is 13.0. The lowest BCUT2D eigenvalue weighted by molar-refractivity contribution is 0.0918. The number of carbonyl (C=O) groups excluding carboxylic acids is 1. The van der Waals surface area contributed by atoms with Crippen LogP contribution >= 0.6 is 0 Å². The number of nitrogens with zero attached hydrogens (tertiary/aromatic N) is 1. The van der Waals surface area contributed by atoms with Crippen molar-refractivity contribution in [3.05, 3.63) is 65.7 Å². The number of Topliss-reactive ketones (excluding diaryl/α,β-unsaturated/α-hetero) is 1. The molecule has 0 N–H and O–H groups in total. The standard InChI is InChI=1S/C18H19NO3S/c1-14-7-5-10-16(13-14)23(21,22)19-12-6-11-17(19)18(20)15-8-3-2-4-9-15/h2-5,7-10,13,17H,6,11-12H2,1H3. The largest absolute Gasteiger partial charge is 0.292 e. The highest BCUT2D eigenvalue weighted by Gasteiger charge is 2.39. The van der Waals surface area contributed by atoms with E-state index < -0.39 is 16.1 Å². The summed E-state index contributed by atoms with van der Waals surface area (Å²) in [7, 11) is -3.65. The van der Waals surface area contributed by atoms with Crippen molar-refractivity contribution in [1.82, 2.24) is 4.31 Å². The molecule has 0 aliphatic carbocycles. The SMILES string of the molecule is Cc1cccc(S(=O)(=O)N2CCCC2C(=O)c2ccccc2)c1. The molecule has 0 aromatic heterocycles. The molecule has 1 saturated heterocycles. The van der Waals surface area contributed by atoms with E-state index in [0.717, 1.165) is 5.56 Å². The van der Waals surface area contributed by atoms with Gasteiger partial charge in [-0.2, -0.15) is 4.31 Å². The minimum atomic E-state index is -3.65. The maximum absolute atomic E-state index is 12.9. The fraction of sp³-hybridized carbons (Fsp3) is 0.278. The smallest absolute Gasteiger partial charge is 0.243 e. The molecule has 0 spiro atoms. The highest BCUT2D eigenvalue weighted by molar-refractivity contribution is 7.89. The van der Waals surface area contributed by atoms with E-state index in [2.05, 4.69) is 0 Å². The van der Waals surface area contributed by atoms with E-state index in [-0.39, 0.29) is 10.7 Å². The number of aryl methyl sites for hydroxylation is 1. The molecule has 5 heteroatoms. The van der Waals surface area contributed by atoms with Gasteiger partial charge in [-0.15, -0.1) is 0 Å². The Morgan fingerprint density at radius 1 is 1.09 bits per heavy atom. The molecule has 2 aromatic carbocycles. The van der Waals surface area contributed by atoms with Crippen LogP contribution < -0.4 is 0 Å². The Morgan fingerprint density at radius 3 is 2.52 bits per heavy atom. The lowest BCUT2D eigenvalue weighted by Gasteiger charge is -2.23. The van der Waals surface area contributed by atoms with Crippen LogP contribution in [0, 0.1) is 6.92 Å². The third kappa shape index (κ3) is 3.07. The molecule has 0 saturated carbocycles. The van der Waals surface area contributed by atoms with Gasteiger partial charge >= 0.3 is 0 Å². The molecule has 4 nitrogen and oxygen atoms in total. The number of benzene rings is 2. The van der Waals surface area contributed by atoms with Gasteiger partial charge in [0, 0.05) is 12.1 Å². The number of hydrogen-bond donors (Lipinski definition) is 0. The molecule has 2 aromatic rings. The average molecular weight is 329 g/mol. The molecule has 23 heavy (non-hydrogen) atoms. The first kappa shape index (κ1) is 15.9. The molecule has 1 unspecified atom stereocenters. The highest BCUT2D eigenvalue weighted by atomic mass is 32.2. The van der Waals surface area contributed by atoms with E-state index in [0.29, 0.717) is 24.9 Å². The van der Waals surface area contributed by atoms with Gasteiger partial charge in [0.15, 0.2) is 5.78 Å². The van der Waals surface area contributed by atoms with E-state index in [1.165, 1.54) is 4.31 Å². The summed E-state index contributed by atoms with van der Waals surface area (Å²) in [6.45, 7) is 2.25. The van der Waals surface area contributed by atoms with Crippen molar-refractivity contribution < 1.29 is 13.2 Å². The number of sulfonamides is 1. The van der Waals surface area contributed by atoms with E-state index >= 15 is 0 Å².